The number of nitrogen functional groups attached to an aromatic ring is 1. The summed E-state index contributed by atoms with van der Waals surface area (Å²) in [6.45, 7) is 3.70. The van der Waals surface area contributed by atoms with Gasteiger partial charge in [-0.3, -0.25) is 10.4 Å². The number of halogens is 2. The number of rotatable bonds is 7. The molecule has 4 N–H and O–H groups in total. The Morgan fingerprint density at radius 1 is 1.50 bits per heavy atom. The molecule has 26 heavy (non-hydrogen) atoms. The van der Waals surface area contributed by atoms with Crippen molar-refractivity contribution in [1.29, 1.82) is 5.41 Å². The summed E-state index contributed by atoms with van der Waals surface area (Å²) in [7, 11) is 3.62. The molecule has 2 aromatic rings. The van der Waals surface area contributed by atoms with Crippen LogP contribution in [0.1, 0.15) is 11.1 Å². The maximum Gasteiger partial charge on any atom is 0.153 e. The molecule has 0 amide bonds. The summed E-state index contributed by atoms with van der Waals surface area (Å²) >= 11 is 0. The maximum atomic E-state index is 14.0. The number of pyridine rings is 1. The van der Waals surface area contributed by atoms with Crippen molar-refractivity contribution in [2.24, 2.45) is 5.18 Å². The molecule has 0 fully saturated rings. The van der Waals surface area contributed by atoms with Gasteiger partial charge in [0.25, 0.3) is 0 Å². The average Bonchev–Trinajstić information content (AvgIpc) is 2.61. The van der Waals surface area contributed by atoms with Crippen LogP contribution in [0.25, 0.3) is 11.3 Å². The van der Waals surface area contributed by atoms with Crippen molar-refractivity contribution in [3.05, 3.63) is 58.5 Å². The first-order valence-electron chi connectivity index (χ1n) is 7.55. The fraction of sp³-hybridized carbons (Fsp3) is 0.176. The van der Waals surface area contributed by atoms with Gasteiger partial charge in [-0.2, -0.15) is 0 Å². The molecule has 1 aromatic heterocycles. The topological polar surface area (TPSA) is 104 Å². The summed E-state index contributed by atoms with van der Waals surface area (Å²) in [5, 5.41) is 13.4. The Hall–Kier alpha value is -2.73. The summed E-state index contributed by atoms with van der Waals surface area (Å²) in [4.78, 5) is 14.9. The number of allylic oxidation sites excluding steroid dienone is 1. The van der Waals surface area contributed by atoms with Gasteiger partial charge in [0.15, 0.2) is 5.82 Å². The number of nitrogens with two attached hydrogens (primary N) is 1. The first-order chi connectivity index (χ1) is 12.3. The van der Waals surface area contributed by atoms with Crippen LogP contribution < -0.4 is 11.1 Å². The number of hydrogen-bond donors (Lipinski definition) is 3. The van der Waals surface area contributed by atoms with Crippen LogP contribution in [0.4, 0.5) is 20.2 Å². The first-order valence-corrected chi connectivity index (χ1v) is 8.22. The Morgan fingerprint density at radius 2 is 2.19 bits per heavy atom. The normalized spacial score (nSPS) is 11.7. The lowest BCUT2D eigenvalue weighted by Crippen LogP contribution is -2.16. The molecule has 0 saturated carbocycles. The van der Waals surface area contributed by atoms with Crippen molar-refractivity contribution in [3.8, 4) is 11.3 Å². The maximum absolute atomic E-state index is 14.0. The van der Waals surface area contributed by atoms with Gasteiger partial charge in [0.1, 0.15) is 11.6 Å². The van der Waals surface area contributed by atoms with Crippen molar-refractivity contribution < 1.29 is 8.78 Å². The van der Waals surface area contributed by atoms with E-state index >= 15 is 0 Å². The van der Waals surface area contributed by atoms with Crippen LogP contribution in [0.3, 0.4) is 0 Å². The van der Waals surface area contributed by atoms with E-state index in [0.29, 0.717) is 28.1 Å². The Kier molecular flexibility index (Phi) is 6.10. The van der Waals surface area contributed by atoms with Gasteiger partial charge in [-0.25, -0.2) is 8.78 Å². The summed E-state index contributed by atoms with van der Waals surface area (Å²) < 4.78 is 27.5. The number of anilines is 1. The van der Waals surface area contributed by atoms with E-state index in [1.807, 2.05) is 9.24 Å². The number of aromatic nitrogens is 1. The lowest BCUT2D eigenvalue weighted by atomic mass is 9.98. The van der Waals surface area contributed by atoms with Crippen molar-refractivity contribution >= 4 is 26.3 Å². The summed E-state index contributed by atoms with van der Waals surface area (Å²) in [6.07, 6.45) is 1.30. The van der Waals surface area contributed by atoms with Gasteiger partial charge in [-0.1, -0.05) is 6.58 Å². The third-order valence-corrected chi connectivity index (χ3v) is 4.01. The van der Waals surface area contributed by atoms with E-state index in [1.54, 1.807) is 7.05 Å². The monoisotopic (exact) mass is 377 g/mol. The van der Waals surface area contributed by atoms with E-state index in [0.717, 1.165) is 6.07 Å². The standard InChI is InChI=1S/C17H18F2N5OP/c1-8(22-2)17(21)11-7-23-14(6-13(11)20)10-5-12(18)15(24-25)3-9(10)4-16(19)26/h3,5-7,16,21-22H,1,4,26H2,2H3,(H2,20,23). The van der Waals surface area contributed by atoms with E-state index in [-0.39, 0.29) is 17.8 Å². The average molecular weight is 377 g/mol. The summed E-state index contributed by atoms with van der Waals surface area (Å²) in [6, 6.07) is 3.75. The molecule has 0 aliphatic rings. The largest absolute Gasteiger partial charge is 0.398 e. The van der Waals surface area contributed by atoms with E-state index in [1.165, 1.54) is 18.3 Å². The Bertz CT molecular complexity index is 886. The molecule has 2 atom stereocenters. The number of nitroso groups, excluding NO2 is 1. The van der Waals surface area contributed by atoms with Crippen LogP contribution in [0.2, 0.25) is 0 Å². The lowest BCUT2D eigenvalue weighted by molar-refractivity contribution is 0.450. The smallest absolute Gasteiger partial charge is 0.153 e. The fourth-order valence-corrected chi connectivity index (χ4v) is 2.66. The highest BCUT2D eigenvalue weighted by molar-refractivity contribution is 7.17. The molecule has 9 heteroatoms. The number of nitrogens with zero attached hydrogens (tertiary/aromatic N) is 2. The second-order valence-electron chi connectivity index (χ2n) is 5.53. The molecule has 2 unspecified atom stereocenters. The molecule has 0 saturated heterocycles. The SMILES string of the molecule is C=C(NC)C(=N)c1cnc(-c2cc(F)c(N=O)cc2CC(F)P)cc1N. The minimum atomic E-state index is -1.29. The second kappa shape index (κ2) is 8.10. The molecular formula is C17H18F2N5OP. The van der Waals surface area contributed by atoms with Gasteiger partial charge < -0.3 is 11.1 Å². The lowest BCUT2D eigenvalue weighted by Gasteiger charge is -2.14. The van der Waals surface area contributed by atoms with E-state index in [9.17, 15) is 13.7 Å². The quantitative estimate of drug-likeness (QED) is 0.389. The van der Waals surface area contributed by atoms with Gasteiger partial charge >= 0.3 is 0 Å². The highest BCUT2D eigenvalue weighted by Crippen LogP contribution is 2.32. The summed E-state index contributed by atoms with van der Waals surface area (Å²) in [5.74, 6) is -2.12. The number of hydrogen-bond acceptors (Lipinski definition) is 6. The molecule has 0 aliphatic carbocycles. The number of benzene rings is 1. The van der Waals surface area contributed by atoms with Crippen molar-refractivity contribution in [2.75, 3.05) is 12.8 Å². The van der Waals surface area contributed by atoms with Gasteiger partial charge in [-0.05, 0) is 28.9 Å². The molecule has 1 aromatic carbocycles. The van der Waals surface area contributed by atoms with Crippen molar-refractivity contribution in [2.45, 2.75) is 12.3 Å². The molecule has 0 bridgehead atoms. The zero-order valence-electron chi connectivity index (χ0n) is 14.0. The van der Waals surface area contributed by atoms with Crippen LogP contribution in [-0.2, 0) is 6.42 Å². The minimum Gasteiger partial charge on any atom is -0.398 e. The minimum absolute atomic E-state index is 0.0709. The molecule has 136 valence electrons. The van der Waals surface area contributed by atoms with E-state index in [2.05, 4.69) is 22.1 Å². The van der Waals surface area contributed by atoms with Crippen LogP contribution in [-0.4, -0.2) is 23.7 Å². The van der Waals surface area contributed by atoms with Gasteiger partial charge in [0, 0.05) is 36.5 Å². The van der Waals surface area contributed by atoms with Gasteiger partial charge in [-0.15, -0.1) is 14.1 Å². The Balaban J connectivity index is 2.56. The summed E-state index contributed by atoms with van der Waals surface area (Å²) in [5.41, 5.74) is 7.62. The van der Waals surface area contributed by atoms with E-state index < -0.39 is 17.4 Å². The number of likely N-dealkylation sites (N-methyl/N-ethyl adjacent to an activating group) is 1. The van der Waals surface area contributed by atoms with Crippen LogP contribution >= 0.6 is 9.24 Å². The van der Waals surface area contributed by atoms with E-state index in [4.69, 9.17) is 11.1 Å². The molecule has 0 spiro atoms. The van der Waals surface area contributed by atoms with Crippen molar-refractivity contribution in [3.63, 3.8) is 0 Å². The highest BCUT2D eigenvalue weighted by atomic mass is 31.0. The Morgan fingerprint density at radius 3 is 2.73 bits per heavy atom. The number of nitrogens with one attached hydrogen (secondary N) is 2. The third kappa shape index (κ3) is 4.08. The predicted molar refractivity (Wildman–Crippen MR) is 103 cm³/mol. The molecule has 0 radical (unpaired) electrons. The first kappa shape index (κ1) is 19.6. The zero-order valence-corrected chi connectivity index (χ0v) is 15.2. The highest BCUT2D eigenvalue weighted by Gasteiger charge is 2.17. The number of alkyl halides is 1. The third-order valence-electron chi connectivity index (χ3n) is 3.77. The molecule has 2 rings (SSSR count). The molecule has 1 heterocycles. The molecular weight excluding hydrogens is 359 g/mol. The molecule has 0 aliphatic heterocycles. The molecule has 6 nitrogen and oxygen atoms in total. The van der Waals surface area contributed by atoms with Crippen LogP contribution in [0.15, 0.2) is 41.8 Å². The predicted octanol–water partition coefficient (Wildman–Crippen LogP) is 3.68. The zero-order chi connectivity index (χ0) is 19.4. The fourth-order valence-electron chi connectivity index (χ4n) is 2.41. The Labute approximate surface area is 151 Å². The van der Waals surface area contributed by atoms with Gasteiger partial charge in [0.05, 0.1) is 17.1 Å². The van der Waals surface area contributed by atoms with Crippen LogP contribution in [0, 0.1) is 16.1 Å². The van der Waals surface area contributed by atoms with Gasteiger partial charge in [0.2, 0.25) is 0 Å². The van der Waals surface area contributed by atoms with Crippen LogP contribution in [0.5, 0.6) is 0 Å². The second-order valence-corrected chi connectivity index (χ2v) is 6.26. The van der Waals surface area contributed by atoms with Crippen molar-refractivity contribution in [1.82, 2.24) is 10.3 Å².